The molecule has 0 aliphatic rings. The molecule has 0 fully saturated rings. The smallest absolute Gasteiger partial charge is 0.145 e. The first kappa shape index (κ1) is 16.3. The molecule has 0 amide bonds. The van der Waals surface area contributed by atoms with Crippen LogP contribution < -0.4 is 5.73 Å². The second kappa shape index (κ2) is 6.15. The van der Waals surface area contributed by atoms with Gasteiger partial charge in [0.15, 0.2) is 0 Å². The van der Waals surface area contributed by atoms with Crippen LogP contribution in [0.15, 0.2) is 35.4 Å². The number of hydrogen-bond donors (Lipinski definition) is 1. The molecule has 19 heavy (non-hydrogen) atoms. The van der Waals surface area contributed by atoms with E-state index in [1.165, 1.54) is 23.0 Å². The summed E-state index contributed by atoms with van der Waals surface area (Å²) >= 11 is 0. The van der Waals surface area contributed by atoms with Gasteiger partial charge in [-0.25, -0.2) is 13.1 Å². The van der Waals surface area contributed by atoms with Gasteiger partial charge in [-0.3, -0.25) is 0 Å². The minimum atomic E-state index is -4.47. The van der Waals surface area contributed by atoms with Gasteiger partial charge in [0.25, 0.3) is 0 Å². The molecule has 1 aromatic carbocycles. The Hall–Kier alpha value is -0.734. The molecular formula is C10H7KN4O3S-. The fraction of sp³-hybridized carbons (Fsp3) is 0. The Morgan fingerprint density at radius 3 is 2.32 bits per heavy atom. The maximum absolute atomic E-state index is 10.8. The van der Waals surface area contributed by atoms with Crippen molar-refractivity contribution in [2.75, 3.05) is 5.73 Å². The standard InChI is InChI=1S/C10H8N4O3S.K/c11-5-7-6-13-14(10(7)12)8-1-3-9(4-2-8)18(15,16)17;/h1-4,6H,12H2,(H,15,16,17);/p-1. The average molecular weight is 302 g/mol. The van der Waals surface area contributed by atoms with Crippen LogP contribution in [-0.4, -0.2) is 74.1 Å². The molecule has 0 saturated heterocycles. The van der Waals surface area contributed by atoms with E-state index in [9.17, 15) is 13.0 Å². The van der Waals surface area contributed by atoms with Gasteiger partial charge in [0.2, 0.25) is 0 Å². The number of nitrogen functional groups attached to an aromatic ring is 1. The minimum Gasteiger partial charge on any atom is -0.744 e. The van der Waals surface area contributed by atoms with E-state index in [4.69, 9.17) is 11.0 Å². The molecule has 0 unspecified atom stereocenters. The summed E-state index contributed by atoms with van der Waals surface area (Å²) in [5.41, 5.74) is 6.35. The SMILES string of the molecule is N#Cc1cnn(-c2ccc(S(=O)(=O)[O-])cc2)c1N.[K]. The molecule has 2 aromatic rings. The van der Waals surface area contributed by atoms with Gasteiger partial charge < -0.3 is 10.3 Å². The summed E-state index contributed by atoms with van der Waals surface area (Å²) in [5, 5.41) is 12.6. The first-order valence-electron chi connectivity index (χ1n) is 4.73. The van der Waals surface area contributed by atoms with Gasteiger partial charge in [0.05, 0.1) is 16.8 Å². The fourth-order valence-electron chi connectivity index (χ4n) is 1.40. The fourth-order valence-corrected chi connectivity index (χ4v) is 1.87. The zero-order chi connectivity index (χ0) is 13.3. The second-order valence-corrected chi connectivity index (χ2v) is 4.79. The van der Waals surface area contributed by atoms with E-state index in [0.29, 0.717) is 5.69 Å². The van der Waals surface area contributed by atoms with Crippen molar-refractivity contribution in [1.82, 2.24) is 9.78 Å². The van der Waals surface area contributed by atoms with Crippen LogP contribution >= 0.6 is 0 Å². The van der Waals surface area contributed by atoms with Gasteiger partial charge in [-0.15, -0.1) is 0 Å². The summed E-state index contributed by atoms with van der Waals surface area (Å²) in [6.07, 6.45) is 1.30. The number of anilines is 1. The summed E-state index contributed by atoms with van der Waals surface area (Å²) < 4.78 is 33.5. The molecule has 9 heteroatoms. The normalized spacial score (nSPS) is 10.5. The van der Waals surface area contributed by atoms with Gasteiger partial charge in [-0.05, 0) is 24.3 Å². The number of aromatic nitrogens is 2. The Bertz CT molecular complexity index is 731. The van der Waals surface area contributed by atoms with Gasteiger partial charge in [-0.2, -0.15) is 10.4 Å². The molecule has 2 rings (SSSR count). The number of hydrogen-bond acceptors (Lipinski definition) is 6. The van der Waals surface area contributed by atoms with Crippen molar-refractivity contribution in [1.29, 1.82) is 5.26 Å². The molecule has 0 saturated carbocycles. The van der Waals surface area contributed by atoms with Crippen LogP contribution in [0.4, 0.5) is 5.82 Å². The maximum Gasteiger partial charge on any atom is 0.145 e. The first-order chi connectivity index (χ1) is 8.43. The van der Waals surface area contributed by atoms with Crippen molar-refractivity contribution in [3.8, 4) is 11.8 Å². The third kappa shape index (κ3) is 3.43. The average Bonchev–Trinajstić information content (AvgIpc) is 2.69. The van der Waals surface area contributed by atoms with Crippen LogP contribution in [0, 0.1) is 11.3 Å². The number of nitrogens with two attached hydrogens (primary N) is 1. The first-order valence-corrected chi connectivity index (χ1v) is 6.14. The molecule has 7 nitrogen and oxygen atoms in total. The van der Waals surface area contributed by atoms with Crippen molar-refractivity contribution in [2.45, 2.75) is 4.90 Å². The van der Waals surface area contributed by atoms with Crippen LogP contribution in [-0.2, 0) is 10.1 Å². The third-order valence-corrected chi connectivity index (χ3v) is 3.15. The van der Waals surface area contributed by atoms with Crippen molar-refractivity contribution < 1.29 is 13.0 Å². The number of nitrogens with zero attached hydrogens (tertiary/aromatic N) is 3. The quantitative estimate of drug-likeness (QED) is 0.607. The summed E-state index contributed by atoms with van der Waals surface area (Å²) in [4.78, 5) is -0.336. The monoisotopic (exact) mass is 302 g/mol. The number of rotatable bonds is 2. The Morgan fingerprint density at radius 2 is 1.89 bits per heavy atom. The molecule has 1 heterocycles. The molecule has 93 valence electrons. The molecule has 1 aromatic heterocycles. The number of nitriles is 1. The molecule has 0 aliphatic heterocycles. The van der Waals surface area contributed by atoms with Crippen LogP contribution in [0.1, 0.15) is 5.56 Å². The van der Waals surface area contributed by atoms with Crippen molar-refractivity contribution in [2.24, 2.45) is 0 Å². The maximum atomic E-state index is 10.8. The molecular weight excluding hydrogens is 295 g/mol. The van der Waals surface area contributed by atoms with Crippen LogP contribution in [0.2, 0.25) is 0 Å². The summed E-state index contributed by atoms with van der Waals surface area (Å²) in [5.74, 6) is 0.148. The van der Waals surface area contributed by atoms with Crippen LogP contribution in [0.3, 0.4) is 0 Å². The summed E-state index contributed by atoms with van der Waals surface area (Å²) in [7, 11) is -4.47. The molecule has 2 N–H and O–H groups in total. The Balaban J connectivity index is 0.00000180. The predicted octanol–water partition coefficient (Wildman–Crippen LogP) is -0.151. The van der Waals surface area contributed by atoms with Gasteiger partial charge in [0, 0.05) is 51.4 Å². The van der Waals surface area contributed by atoms with E-state index in [2.05, 4.69) is 5.10 Å². The molecule has 0 bridgehead atoms. The molecule has 0 aliphatic carbocycles. The largest absolute Gasteiger partial charge is 0.744 e. The Morgan fingerprint density at radius 1 is 1.32 bits per heavy atom. The summed E-state index contributed by atoms with van der Waals surface area (Å²) in [6.45, 7) is 0. The minimum absolute atomic E-state index is 0. The molecule has 1 radical (unpaired) electrons. The van der Waals surface area contributed by atoms with Crippen molar-refractivity contribution >= 4 is 67.3 Å². The molecule has 0 atom stereocenters. The topological polar surface area (TPSA) is 125 Å². The molecule has 0 spiro atoms. The van der Waals surface area contributed by atoms with Crippen molar-refractivity contribution in [3.05, 3.63) is 36.0 Å². The predicted molar refractivity (Wildman–Crippen MR) is 66.4 cm³/mol. The van der Waals surface area contributed by atoms with E-state index >= 15 is 0 Å². The Kier molecular flexibility index (Phi) is 5.28. The van der Waals surface area contributed by atoms with Crippen molar-refractivity contribution in [3.63, 3.8) is 0 Å². The Labute approximate surface area is 152 Å². The number of benzene rings is 1. The van der Waals surface area contributed by atoms with Gasteiger partial charge in [-0.1, -0.05) is 0 Å². The van der Waals surface area contributed by atoms with E-state index < -0.39 is 10.1 Å². The van der Waals surface area contributed by atoms with E-state index in [0.717, 1.165) is 12.1 Å². The van der Waals surface area contributed by atoms with Crippen LogP contribution in [0.25, 0.3) is 5.69 Å². The zero-order valence-corrected chi connectivity index (χ0v) is 13.9. The van der Waals surface area contributed by atoms with E-state index in [-0.39, 0.29) is 67.7 Å². The summed E-state index contributed by atoms with van der Waals surface area (Å²) in [6, 6.07) is 6.95. The van der Waals surface area contributed by atoms with Crippen LogP contribution in [0.5, 0.6) is 0 Å². The second-order valence-electron chi connectivity index (χ2n) is 3.42. The van der Waals surface area contributed by atoms with E-state index in [1.807, 2.05) is 6.07 Å². The van der Waals surface area contributed by atoms with Gasteiger partial charge >= 0.3 is 0 Å². The zero-order valence-electron chi connectivity index (χ0n) is 9.94. The third-order valence-electron chi connectivity index (χ3n) is 2.30. The van der Waals surface area contributed by atoms with Gasteiger partial charge in [0.1, 0.15) is 27.6 Å². The van der Waals surface area contributed by atoms with E-state index in [1.54, 1.807) is 0 Å².